The molecule has 2 amide bonds. The van der Waals surface area contributed by atoms with Crippen molar-refractivity contribution in [2.75, 3.05) is 5.32 Å². The molecule has 4 nitrogen and oxygen atoms in total. The van der Waals surface area contributed by atoms with Crippen LogP contribution in [0.2, 0.25) is 10.0 Å². The number of rotatable bonds is 2. The van der Waals surface area contributed by atoms with E-state index in [9.17, 15) is 4.79 Å². The highest BCUT2D eigenvalue weighted by Gasteiger charge is 2.23. The second-order valence-electron chi connectivity index (χ2n) is 4.81. The van der Waals surface area contributed by atoms with E-state index >= 15 is 0 Å². The van der Waals surface area contributed by atoms with E-state index in [0.29, 0.717) is 15.7 Å². The molecular weight excluding hydrogens is 285 g/mol. The Morgan fingerprint density at radius 2 is 1.79 bits per heavy atom. The minimum atomic E-state index is -0.277. The van der Waals surface area contributed by atoms with Crippen LogP contribution in [0.5, 0.6) is 0 Å². The van der Waals surface area contributed by atoms with Crippen LogP contribution in [-0.4, -0.2) is 18.1 Å². The van der Waals surface area contributed by atoms with Crippen molar-refractivity contribution in [3.8, 4) is 0 Å². The Kier molecular flexibility index (Phi) is 4.91. The standard InChI is InChI=1S/C13H17Cl2N3O/c14-8-5-9(15)7-10(6-8)17-13(19)18-12-4-2-1-3-11(12)16/h5-7,11-12H,1-4,16H2,(H2,17,18,19). The van der Waals surface area contributed by atoms with Crippen LogP contribution in [-0.2, 0) is 0 Å². The van der Waals surface area contributed by atoms with Gasteiger partial charge in [-0.05, 0) is 31.0 Å². The number of nitrogens with one attached hydrogen (secondary N) is 2. The molecule has 4 N–H and O–H groups in total. The third-order valence-corrected chi connectivity index (χ3v) is 3.69. The van der Waals surface area contributed by atoms with Crippen LogP contribution >= 0.6 is 23.2 Å². The van der Waals surface area contributed by atoms with Crippen LogP contribution in [0.15, 0.2) is 18.2 Å². The number of nitrogens with two attached hydrogens (primary N) is 1. The largest absolute Gasteiger partial charge is 0.334 e. The Bertz CT molecular complexity index is 447. The van der Waals surface area contributed by atoms with Crippen molar-refractivity contribution in [2.24, 2.45) is 5.73 Å². The lowest BCUT2D eigenvalue weighted by molar-refractivity contribution is 0.240. The summed E-state index contributed by atoms with van der Waals surface area (Å²) in [4.78, 5) is 11.9. The van der Waals surface area contributed by atoms with Gasteiger partial charge in [0.1, 0.15) is 0 Å². The molecule has 0 aromatic heterocycles. The smallest absolute Gasteiger partial charge is 0.319 e. The predicted molar refractivity (Wildman–Crippen MR) is 78.8 cm³/mol. The van der Waals surface area contributed by atoms with Crippen molar-refractivity contribution in [1.29, 1.82) is 0 Å². The van der Waals surface area contributed by atoms with Gasteiger partial charge in [-0.2, -0.15) is 0 Å². The van der Waals surface area contributed by atoms with Gasteiger partial charge in [0.05, 0.1) is 0 Å². The van der Waals surface area contributed by atoms with Gasteiger partial charge in [-0.25, -0.2) is 4.79 Å². The van der Waals surface area contributed by atoms with Gasteiger partial charge in [-0.3, -0.25) is 0 Å². The minimum Gasteiger partial charge on any atom is -0.334 e. The summed E-state index contributed by atoms with van der Waals surface area (Å²) in [6, 6.07) is 4.69. The number of benzene rings is 1. The highest BCUT2D eigenvalue weighted by Crippen LogP contribution is 2.22. The third-order valence-electron chi connectivity index (χ3n) is 3.26. The van der Waals surface area contributed by atoms with Gasteiger partial charge in [-0.1, -0.05) is 36.0 Å². The molecule has 19 heavy (non-hydrogen) atoms. The maximum atomic E-state index is 11.9. The molecule has 1 aliphatic rings. The zero-order valence-corrected chi connectivity index (χ0v) is 12.0. The van der Waals surface area contributed by atoms with Crippen molar-refractivity contribution in [3.63, 3.8) is 0 Å². The fourth-order valence-electron chi connectivity index (χ4n) is 2.30. The topological polar surface area (TPSA) is 67.1 Å². The number of hydrogen-bond donors (Lipinski definition) is 3. The first-order chi connectivity index (χ1) is 9.04. The van der Waals surface area contributed by atoms with Gasteiger partial charge < -0.3 is 16.4 Å². The first-order valence-corrected chi connectivity index (χ1v) is 7.09. The van der Waals surface area contributed by atoms with Gasteiger partial charge in [0.2, 0.25) is 0 Å². The van der Waals surface area contributed by atoms with Crippen LogP contribution in [0.4, 0.5) is 10.5 Å². The highest BCUT2D eigenvalue weighted by molar-refractivity contribution is 6.35. The van der Waals surface area contributed by atoms with E-state index in [1.165, 1.54) is 0 Å². The summed E-state index contributed by atoms with van der Waals surface area (Å²) < 4.78 is 0. The van der Waals surface area contributed by atoms with Gasteiger partial charge >= 0.3 is 6.03 Å². The fourth-order valence-corrected chi connectivity index (χ4v) is 2.83. The van der Waals surface area contributed by atoms with E-state index in [1.54, 1.807) is 18.2 Å². The highest BCUT2D eigenvalue weighted by atomic mass is 35.5. The van der Waals surface area contributed by atoms with Crippen LogP contribution in [0.25, 0.3) is 0 Å². The molecule has 0 bridgehead atoms. The molecule has 2 atom stereocenters. The summed E-state index contributed by atoms with van der Waals surface area (Å²) in [7, 11) is 0. The minimum absolute atomic E-state index is 0.0300. The second-order valence-corrected chi connectivity index (χ2v) is 5.68. The monoisotopic (exact) mass is 301 g/mol. The Labute approximate surface area is 122 Å². The predicted octanol–water partition coefficient (Wildman–Crippen LogP) is 3.38. The lowest BCUT2D eigenvalue weighted by Crippen LogP contribution is -2.50. The van der Waals surface area contributed by atoms with E-state index in [1.807, 2.05) is 0 Å². The Morgan fingerprint density at radius 3 is 2.42 bits per heavy atom. The number of halogens is 2. The van der Waals surface area contributed by atoms with E-state index in [4.69, 9.17) is 28.9 Å². The van der Waals surface area contributed by atoms with Crippen LogP contribution < -0.4 is 16.4 Å². The molecule has 104 valence electrons. The summed E-state index contributed by atoms with van der Waals surface area (Å²) >= 11 is 11.7. The van der Waals surface area contributed by atoms with Gasteiger partial charge in [0.15, 0.2) is 0 Å². The molecule has 1 saturated carbocycles. The van der Waals surface area contributed by atoms with Gasteiger partial charge in [0, 0.05) is 27.8 Å². The lowest BCUT2D eigenvalue weighted by atomic mass is 9.91. The van der Waals surface area contributed by atoms with Crippen molar-refractivity contribution >= 4 is 34.9 Å². The lowest BCUT2D eigenvalue weighted by Gasteiger charge is -2.29. The molecule has 1 fully saturated rings. The normalized spacial score (nSPS) is 22.9. The van der Waals surface area contributed by atoms with Crippen molar-refractivity contribution in [1.82, 2.24) is 5.32 Å². The maximum Gasteiger partial charge on any atom is 0.319 e. The zero-order chi connectivity index (χ0) is 13.8. The first-order valence-electron chi connectivity index (χ1n) is 6.34. The molecule has 6 heteroatoms. The van der Waals surface area contributed by atoms with Crippen molar-refractivity contribution in [2.45, 2.75) is 37.8 Å². The van der Waals surface area contributed by atoms with Gasteiger partial charge in [0.25, 0.3) is 0 Å². The SMILES string of the molecule is NC1CCCCC1NC(=O)Nc1cc(Cl)cc(Cl)c1. The first kappa shape index (κ1) is 14.4. The molecule has 0 saturated heterocycles. The quantitative estimate of drug-likeness (QED) is 0.784. The average molecular weight is 302 g/mol. The van der Waals surface area contributed by atoms with E-state index < -0.39 is 0 Å². The Balaban J connectivity index is 1.93. The fraction of sp³-hybridized carbons (Fsp3) is 0.462. The van der Waals surface area contributed by atoms with Crippen LogP contribution in [0, 0.1) is 0 Å². The molecule has 0 radical (unpaired) electrons. The van der Waals surface area contributed by atoms with Gasteiger partial charge in [-0.15, -0.1) is 0 Å². The van der Waals surface area contributed by atoms with E-state index in [0.717, 1.165) is 25.7 Å². The molecule has 0 heterocycles. The van der Waals surface area contributed by atoms with Crippen LogP contribution in [0.1, 0.15) is 25.7 Å². The van der Waals surface area contributed by atoms with Crippen molar-refractivity contribution < 1.29 is 4.79 Å². The van der Waals surface area contributed by atoms with Crippen molar-refractivity contribution in [3.05, 3.63) is 28.2 Å². The van der Waals surface area contributed by atoms with E-state index in [-0.39, 0.29) is 18.1 Å². The molecule has 0 aliphatic heterocycles. The average Bonchev–Trinajstić information content (AvgIpc) is 2.30. The van der Waals surface area contributed by atoms with Crippen LogP contribution in [0.3, 0.4) is 0 Å². The number of amides is 2. The number of carbonyl (C=O) groups excluding carboxylic acids is 1. The summed E-state index contributed by atoms with van der Waals surface area (Å²) in [6.07, 6.45) is 4.10. The van der Waals surface area contributed by atoms with E-state index in [2.05, 4.69) is 10.6 Å². The molecule has 2 rings (SSSR count). The number of urea groups is 1. The summed E-state index contributed by atoms with van der Waals surface area (Å²) in [5, 5.41) is 6.58. The molecule has 0 spiro atoms. The molecular formula is C13H17Cl2N3O. The maximum absolute atomic E-state index is 11.9. The summed E-state index contributed by atoms with van der Waals surface area (Å²) in [6.45, 7) is 0. The second kappa shape index (κ2) is 6.46. The Hall–Kier alpha value is -0.970. The molecule has 1 aromatic rings. The molecule has 1 aliphatic carbocycles. The third kappa shape index (κ3) is 4.27. The zero-order valence-electron chi connectivity index (χ0n) is 10.5. The number of anilines is 1. The number of carbonyl (C=O) groups is 1. The Morgan fingerprint density at radius 1 is 1.16 bits per heavy atom. The molecule has 1 aromatic carbocycles. The molecule has 2 unspecified atom stereocenters. The summed E-state index contributed by atoms with van der Waals surface area (Å²) in [5.41, 5.74) is 6.55. The number of hydrogen-bond acceptors (Lipinski definition) is 2. The summed E-state index contributed by atoms with van der Waals surface area (Å²) in [5.74, 6) is 0.